The number of carbonyl (C=O) groups excluding carboxylic acids is 1. The van der Waals surface area contributed by atoms with Gasteiger partial charge in [0.15, 0.2) is 5.78 Å². The third kappa shape index (κ3) is 2.21. The number of aromatic nitrogens is 2. The molecule has 16 heavy (non-hydrogen) atoms. The van der Waals surface area contributed by atoms with E-state index in [-0.39, 0.29) is 11.8 Å². The first-order valence-corrected chi connectivity index (χ1v) is 5.75. The zero-order chi connectivity index (χ0) is 11.5. The Morgan fingerprint density at radius 3 is 3.00 bits per heavy atom. The minimum atomic E-state index is 0.00282. The summed E-state index contributed by atoms with van der Waals surface area (Å²) in [7, 11) is 0. The molecule has 0 saturated carbocycles. The number of nitrogens with zero attached hydrogens (tertiary/aromatic N) is 3. The minimum absolute atomic E-state index is 0.00282. The van der Waals surface area contributed by atoms with Crippen molar-refractivity contribution in [2.45, 2.75) is 39.2 Å². The smallest absolute Gasteiger partial charge is 0.152 e. The van der Waals surface area contributed by atoms with E-state index in [9.17, 15) is 4.79 Å². The lowest BCUT2D eigenvalue weighted by Gasteiger charge is -2.35. The van der Waals surface area contributed by atoms with E-state index in [1.807, 2.05) is 13.0 Å². The Morgan fingerprint density at radius 1 is 1.50 bits per heavy atom. The highest BCUT2D eigenvalue weighted by atomic mass is 16.1. The molecule has 1 atom stereocenters. The van der Waals surface area contributed by atoms with Crippen LogP contribution < -0.4 is 4.90 Å². The van der Waals surface area contributed by atoms with Crippen LogP contribution >= 0.6 is 0 Å². The molecule has 0 aliphatic carbocycles. The van der Waals surface area contributed by atoms with Crippen molar-refractivity contribution in [3.8, 4) is 0 Å². The number of anilines is 1. The quantitative estimate of drug-likeness (QED) is 0.760. The number of rotatable bonds is 2. The van der Waals surface area contributed by atoms with E-state index in [1.165, 1.54) is 0 Å². The van der Waals surface area contributed by atoms with Crippen molar-refractivity contribution < 1.29 is 4.79 Å². The first-order valence-electron chi connectivity index (χ1n) is 5.75. The van der Waals surface area contributed by atoms with Gasteiger partial charge >= 0.3 is 0 Å². The second-order valence-corrected chi connectivity index (χ2v) is 4.28. The van der Waals surface area contributed by atoms with Crippen molar-refractivity contribution in [2.75, 3.05) is 11.4 Å². The predicted molar refractivity (Wildman–Crippen MR) is 62.4 cm³/mol. The summed E-state index contributed by atoms with van der Waals surface area (Å²) < 4.78 is 0. The lowest BCUT2D eigenvalue weighted by molar-refractivity contribution is -0.118. The number of hydrogen-bond donors (Lipinski definition) is 0. The Kier molecular flexibility index (Phi) is 3.17. The predicted octanol–water partition coefficient (Wildman–Crippen LogP) is 1.73. The second-order valence-electron chi connectivity index (χ2n) is 4.28. The molecule has 4 nitrogen and oxygen atoms in total. The molecule has 1 aliphatic heterocycles. The average molecular weight is 219 g/mol. The van der Waals surface area contributed by atoms with Crippen LogP contribution in [0.2, 0.25) is 0 Å². The Hall–Kier alpha value is -1.45. The molecular formula is C12H17N3O. The van der Waals surface area contributed by atoms with Crippen LogP contribution in [0.5, 0.6) is 0 Å². The van der Waals surface area contributed by atoms with Crippen LogP contribution in [0.3, 0.4) is 0 Å². The van der Waals surface area contributed by atoms with Gasteiger partial charge in [0.1, 0.15) is 11.6 Å². The van der Waals surface area contributed by atoms with E-state index in [0.717, 1.165) is 37.4 Å². The van der Waals surface area contributed by atoms with E-state index < -0.39 is 0 Å². The van der Waals surface area contributed by atoms with Crippen LogP contribution in [0.25, 0.3) is 0 Å². The van der Waals surface area contributed by atoms with Gasteiger partial charge in [0.25, 0.3) is 0 Å². The zero-order valence-corrected chi connectivity index (χ0v) is 9.81. The summed E-state index contributed by atoms with van der Waals surface area (Å²) in [6, 6.07) is 1.89. The van der Waals surface area contributed by atoms with Crippen LogP contribution in [-0.2, 0) is 4.79 Å². The number of piperidine rings is 1. The molecule has 0 amide bonds. The number of carbonyl (C=O) groups is 1. The standard InChI is InChI=1S/C12H17N3O/c1-9(16)11-5-3-4-8-15(11)12-6-7-13-10(2)14-12/h6-7,11H,3-5,8H2,1-2H3. The van der Waals surface area contributed by atoms with Gasteiger partial charge in [0, 0.05) is 12.7 Å². The molecule has 1 aliphatic rings. The molecule has 1 unspecified atom stereocenters. The highest BCUT2D eigenvalue weighted by Crippen LogP contribution is 2.23. The third-order valence-electron chi connectivity index (χ3n) is 3.03. The fourth-order valence-electron chi connectivity index (χ4n) is 2.23. The van der Waals surface area contributed by atoms with Gasteiger partial charge in [0.2, 0.25) is 0 Å². The highest BCUT2D eigenvalue weighted by molar-refractivity contribution is 5.84. The summed E-state index contributed by atoms with van der Waals surface area (Å²) in [5.41, 5.74) is 0. The highest BCUT2D eigenvalue weighted by Gasteiger charge is 2.26. The van der Waals surface area contributed by atoms with Gasteiger partial charge < -0.3 is 4.90 Å². The summed E-state index contributed by atoms with van der Waals surface area (Å²) in [6.07, 6.45) is 4.96. The topological polar surface area (TPSA) is 46.1 Å². The Balaban J connectivity index is 2.26. The summed E-state index contributed by atoms with van der Waals surface area (Å²) in [5, 5.41) is 0. The molecular weight excluding hydrogens is 202 g/mol. The molecule has 0 spiro atoms. The van der Waals surface area contributed by atoms with E-state index in [1.54, 1.807) is 13.1 Å². The number of ketones is 1. The normalized spacial score (nSPS) is 20.9. The largest absolute Gasteiger partial charge is 0.346 e. The summed E-state index contributed by atoms with van der Waals surface area (Å²) in [6.45, 7) is 4.45. The van der Waals surface area contributed by atoms with Crippen LogP contribution in [0.1, 0.15) is 32.0 Å². The first kappa shape index (κ1) is 11.0. The fraction of sp³-hybridized carbons (Fsp3) is 0.583. The average Bonchev–Trinajstić information content (AvgIpc) is 2.29. The molecule has 0 N–H and O–H groups in total. The monoisotopic (exact) mass is 219 g/mol. The van der Waals surface area contributed by atoms with Gasteiger partial charge in [-0.25, -0.2) is 9.97 Å². The molecule has 2 rings (SSSR count). The van der Waals surface area contributed by atoms with E-state index >= 15 is 0 Å². The second kappa shape index (κ2) is 4.60. The van der Waals surface area contributed by atoms with Gasteiger partial charge in [-0.05, 0) is 39.2 Å². The van der Waals surface area contributed by atoms with Gasteiger partial charge in [-0.3, -0.25) is 4.79 Å². The van der Waals surface area contributed by atoms with Gasteiger partial charge in [-0.15, -0.1) is 0 Å². The SMILES string of the molecule is CC(=O)C1CCCCN1c1ccnc(C)n1. The van der Waals surface area contributed by atoms with Crippen LogP contribution in [0.15, 0.2) is 12.3 Å². The molecule has 86 valence electrons. The molecule has 4 heteroatoms. The third-order valence-corrected chi connectivity index (χ3v) is 3.03. The van der Waals surface area contributed by atoms with Crippen molar-refractivity contribution in [2.24, 2.45) is 0 Å². The van der Waals surface area contributed by atoms with E-state index in [0.29, 0.717) is 0 Å². The Morgan fingerprint density at radius 2 is 2.31 bits per heavy atom. The van der Waals surface area contributed by atoms with E-state index in [2.05, 4.69) is 14.9 Å². The van der Waals surface area contributed by atoms with Crippen LogP contribution in [0, 0.1) is 6.92 Å². The maximum absolute atomic E-state index is 11.6. The van der Waals surface area contributed by atoms with Gasteiger partial charge in [0.05, 0.1) is 6.04 Å². The molecule has 0 aromatic carbocycles. The summed E-state index contributed by atoms with van der Waals surface area (Å²) in [5.74, 6) is 1.87. The van der Waals surface area contributed by atoms with Crippen molar-refractivity contribution >= 4 is 11.6 Å². The van der Waals surface area contributed by atoms with E-state index in [4.69, 9.17) is 0 Å². The first-order chi connectivity index (χ1) is 7.68. The molecule has 0 bridgehead atoms. The number of Topliss-reactive ketones (excluding diaryl/α,β-unsaturated/α-hetero) is 1. The maximum atomic E-state index is 11.6. The lowest BCUT2D eigenvalue weighted by atomic mass is 9.99. The molecule has 2 heterocycles. The van der Waals surface area contributed by atoms with Gasteiger partial charge in [-0.2, -0.15) is 0 Å². The summed E-state index contributed by atoms with van der Waals surface area (Å²) in [4.78, 5) is 22.2. The van der Waals surface area contributed by atoms with Crippen LogP contribution in [0.4, 0.5) is 5.82 Å². The van der Waals surface area contributed by atoms with Crippen LogP contribution in [-0.4, -0.2) is 28.3 Å². The molecule has 1 aromatic rings. The number of hydrogen-bond acceptors (Lipinski definition) is 4. The van der Waals surface area contributed by atoms with Crippen molar-refractivity contribution in [3.63, 3.8) is 0 Å². The van der Waals surface area contributed by atoms with Crippen molar-refractivity contribution in [1.29, 1.82) is 0 Å². The molecule has 1 aromatic heterocycles. The summed E-state index contributed by atoms with van der Waals surface area (Å²) >= 11 is 0. The number of aryl methyl sites for hydroxylation is 1. The fourth-order valence-corrected chi connectivity index (χ4v) is 2.23. The minimum Gasteiger partial charge on any atom is -0.346 e. The lowest BCUT2D eigenvalue weighted by Crippen LogP contribution is -2.44. The molecule has 1 fully saturated rings. The Labute approximate surface area is 95.7 Å². The Bertz CT molecular complexity index is 392. The van der Waals surface area contributed by atoms with Crippen molar-refractivity contribution in [1.82, 2.24) is 9.97 Å². The zero-order valence-electron chi connectivity index (χ0n) is 9.81. The maximum Gasteiger partial charge on any atom is 0.152 e. The molecule has 0 radical (unpaired) electrons. The van der Waals surface area contributed by atoms with Gasteiger partial charge in [-0.1, -0.05) is 0 Å². The molecule has 1 saturated heterocycles. The van der Waals surface area contributed by atoms with Crippen molar-refractivity contribution in [3.05, 3.63) is 18.1 Å².